The Hall–Kier alpha value is -4.29. The van der Waals surface area contributed by atoms with Crippen molar-refractivity contribution in [3.05, 3.63) is 125 Å². The normalized spacial score (nSPS) is 11.8. The van der Waals surface area contributed by atoms with Crippen LogP contribution in [0.3, 0.4) is 0 Å². The summed E-state index contributed by atoms with van der Waals surface area (Å²) in [5.41, 5.74) is 4.35. The Kier molecular flexibility index (Phi) is 10.8. The summed E-state index contributed by atoms with van der Waals surface area (Å²) in [4.78, 5) is 13.6. The first-order valence-electron chi connectivity index (χ1n) is 13.9. The van der Waals surface area contributed by atoms with Gasteiger partial charge < -0.3 is 19.3 Å². The molecule has 41 heavy (non-hydrogen) atoms. The Morgan fingerprint density at radius 2 is 1.49 bits per heavy atom. The maximum atomic E-state index is 11.1. The molecule has 0 aliphatic rings. The van der Waals surface area contributed by atoms with Crippen LogP contribution in [0.2, 0.25) is 0 Å². The third kappa shape index (κ3) is 8.60. The van der Waals surface area contributed by atoms with Gasteiger partial charge in [0.1, 0.15) is 17.2 Å². The fourth-order valence-electron chi connectivity index (χ4n) is 5.06. The summed E-state index contributed by atoms with van der Waals surface area (Å²) in [6.45, 7) is 4.24. The van der Waals surface area contributed by atoms with Crippen molar-refractivity contribution in [3.8, 4) is 17.2 Å². The fourth-order valence-corrected chi connectivity index (χ4v) is 5.06. The van der Waals surface area contributed by atoms with Crippen LogP contribution in [-0.2, 0) is 17.8 Å². The van der Waals surface area contributed by atoms with Crippen LogP contribution in [0.5, 0.6) is 17.2 Å². The highest BCUT2D eigenvalue weighted by Crippen LogP contribution is 2.31. The van der Waals surface area contributed by atoms with Gasteiger partial charge in [0.25, 0.3) is 0 Å². The molecule has 0 saturated heterocycles. The third-order valence-corrected chi connectivity index (χ3v) is 7.37. The van der Waals surface area contributed by atoms with E-state index in [2.05, 4.69) is 78.6 Å². The number of benzene rings is 4. The summed E-state index contributed by atoms with van der Waals surface area (Å²) in [7, 11) is 3.35. The van der Waals surface area contributed by atoms with Crippen molar-refractivity contribution in [3.63, 3.8) is 0 Å². The Balaban J connectivity index is 1.57. The number of rotatable bonds is 15. The van der Waals surface area contributed by atoms with E-state index in [9.17, 15) is 4.79 Å². The van der Waals surface area contributed by atoms with Gasteiger partial charge in [-0.25, -0.2) is 0 Å². The molecule has 1 N–H and O–H groups in total. The van der Waals surface area contributed by atoms with E-state index >= 15 is 0 Å². The smallest absolute Gasteiger partial charge is 0.307 e. The van der Waals surface area contributed by atoms with Crippen molar-refractivity contribution in [1.82, 2.24) is 4.90 Å². The van der Waals surface area contributed by atoms with E-state index in [1.807, 2.05) is 24.3 Å². The number of aliphatic carboxylic acids is 1. The molecule has 0 unspecified atom stereocenters. The predicted octanol–water partition coefficient (Wildman–Crippen LogP) is 6.82. The van der Waals surface area contributed by atoms with Crippen LogP contribution in [0.1, 0.15) is 41.5 Å². The largest absolute Gasteiger partial charge is 0.497 e. The summed E-state index contributed by atoms with van der Waals surface area (Å²) in [5, 5.41) is 9.13. The molecule has 0 amide bonds. The second-order valence-electron chi connectivity index (χ2n) is 10.2. The van der Waals surface area contributed by atoms with Gasteiger partial charge in [-0.3, -0.25) is 9.69 Å². The summed E-state index contributed by atoms with van der Waals surface area (Å²) >= 11 is 0. The molecule has 0 aromatic heterocycles. The van der Waals surface area contributed by atoms with Crippen LogP contribution >= 0.6 is 0 Å². The second kappa shape index (κ2) is 14.9. The average molecular weight is 554 g/mol. The highest BCUT2D eigenvalue weighted by Gasteiger charge is 2.23. The molecule has 4 aromatic carbocycles. The third-order valence-electron chi connectivity index (χ3n) is 7.37. The zero-order chi connectivity index (χ0) is 29.0. The quantitative estimate of drug-likeness (QED) is 0.174. The van der Waals surface area contributed by atoms with Crippen LogP contribution in [0, 0.1) is 0 Å². The number of carboxylic acid groups (broad SMARTS) is 1. The molecule has 214 valence electrons. The predicted molar refractivity (Wildman–Crippen MR) is 162 cm³/mol. The van der Waals surface area contributed by atoms with E-state index in [-0.39, 0.29) is 18.4 Å². The van der Waals surface area contributed by atoms with Crippen LogP contribution in [0.4, 0.5) is 0 Å². The van der Waals surface area contributed by atoms with Crippen molar-refractivity contribution in [2.45, 2.75) is 38.3 Å². The molecule has 4 rings (SSSR count). The molecule has 0 radical (unpaired) electrons. The van der Waals surface area contributed by atoms with Gasteiger partial charge in [-0.2, -0.15) is 0 Å². The van der Waals surface area contributed by atoms with Crippen molar-refractivity contribution in [2.75, 3.05) is 27.4 Å². The van der Waals surface area contributed by atoms with Gasteiger partial charge in [0.2, 0.25) is 0 Å². The number of ether oxygens (including phenoxy) is 3. The standard InChI is InChI=1S/C35H39NO5/c1-26(19-20-41-32-16-10-11-27(21-32)22-35(37)38)36(24-30-17-18-31(39-2)23-34(30)40-3)25-33(28-12-6-4-7-13-28)29-14-8-5-9-15-29/h4-18,21,23,26,33H,19-20,22,24-25H2,1-3H3,(H,37,38)/t26-/m1/s1. The van der Waals surface area contributed by atoms with Crippen molar-refractivity contribution in [2.24, 2.45) is 0 Å². The monoisotopic (exact) mass is 553 g/mol. The first-order valence-corrected chi connectivity index (χ1v) is 13.9. The summed E-state index contributed by atoms with van der Waals surface area (Å²) in [6, 6.07) is 34.7. The first-order chi connectivity index (χ1) is 20.0. The fraction of sp³-hybridized carbons (Fsp3) is 0.286. The molecule has 6 nitrogen and oxygen atoms in total. The maximum Gasteiger partial charge on any atom is 0.307 e. The lowest BCUT2D eigenvalue weighted by Gasteiger charge is -2.33. The highest BCUT2D eigenvalue weighted by atomic mass is 16.5. The zero-order valence-electron chi connectivity index (χ0n) is 24.0. The minimum atomic E-state index is -0.855. The van der Waals surface area contributed by atoms with Gasteiger partial charge in [0, 0.05) is 36.7 Å². The van der Waals surface area contributed by atoms with Crippen LogP contribution in [0.25, 0.3) is 0 Å². The van der Waals surface area contributed by atoms with E-state index in [1.54, 1.807) is 26.4 Å². The minimum Gasteiger partial charge on any atom is -0.497 e. The van der Waals surface area contributed by atoms with Gasteiger partial charge in [-0.15, -0.1) is 0 Å². The first kappa shape index (κ1) is 29.7. The van der Waals surface area contributed by atoms with E-state index in [0.29, 0.717) is 18.9 Å². The zero-order valence-corrected chi connectivity index (χ0v) is 24.0. The Morgan fingerprint density at radius 1 is 0.805 bits per heavy atom. The molecule has 0 bridgehead atoms. The van der Waals surface area contributed by atoms with Crippen molar-refractivity contribution in [1.29, 1.82) is 0 Å². The van der Waals surface area contributed by atoms with Gasteiger partial charge in [-0.1, -0.05) is 78.9 Å². The molecule has 0 fully saturated rings. The Labute approximate surface area is 243 Å². The number of carbonyl (C=O) groups is 1. The molecule has 0 heterocycles. The number of hydrogen-bond donors (Lipinski definition) is 1. The van der Waals surface area contributed by atoms with Crippen LogP contribution in [0.15, 0.2) is 103 Å². The molecule has 6 heteroatoms. The molecule has 0 saturated carbocycles. The van der Waals surface area contributed by atoms with Crippen molar-refractivity contribution < 1.29 is 24.1 Å². The molecular weight excluding hydrogens is 514 g/mol. The molecule has 4 aromatic rings. The van der Waals surface area contributed by atoms with E-state index in [4.69, 9.17) is 19.3 Å². The van der Waals surface area contributed by atoms with Gasteiger partial charge >= 0.3 is 5.97 Å². The van der Waals surface area contributed by atoms with Gasteiger partial charge in [0.05, 0.1) is 27.2 Å². The van der Waals surface area contributed by atoms with E-state index in [1.165, 1.54) is 11.1 Å². The minimum absolute atomic E-state index is 0.0224. The summed E-state index contributed by atoms with van der Waals surface area (Å²) in [6.07, 6.45) is 0.767. The van der Waals surface area contributed by atoms with E-state index in [0.717, 1.165) is 35.6 Å². The second-order valence-corrected chi connectivity index (χ2v) is 10.2. The number of hydrogen-bond acceptors (Lipinski definition) is 5. The van der Waals surface area contributed by atoms with Crippen LogP contribution < -0.4 is 14.2 Å². The van der Waals surface area contributed by atoms with E-state index < -0.39 is 5.97 Å². The molecule has 1 atom stereocenters. The maximum absolute atomic E-state index is 11.1. The lowest BCUT2D eigenvalue weighted by Crippen LogP contribution is -2.37. The van der Waals surface area contributed by atoms with Crippen molar-refractivity contribution >= 4 is 5.97 Å². The molecule has 0 aliphatic carbocycles. The average Bonchev–Trinajstić information content (AvgIpc) is 3.00. The number of methoxy groups -OCH3 is 2. The lowest BCUT2D eigenvalue weighted by atomic mass is 9.90. The highest BCUT2D eigenvalue weighted by molar-refractivity contribution is 5.70. The topological polar surface area (TPSA) is 68.2 Å². The Bertz CT molecular complexity index is 1340. The molecular formula is C35H39NO5. The summed E-state index contributed by atoms with van der Waals surface area (Å²) < 4.78 is 17.3. The molecule has 0 aliphatic heterocycles. The SMILES string of the molecule is COc1ccc(CN(CC(c2ccccc2)c2ccccc2)[C@H](C)CCOc2cccc(CC(=O)O)c2)c(OC)c1. The summed E-state index contributed by atoms with van der Waals surface area (Å²) in [5.74, 6) is 1.56. The van der Waals surface area contributed by atoms with Gasteiger partial charge in [0.15, 0.2) is 0 Å². The molecule has 0 spiro atoms. The Morgan fingerprint density at radius 3 is 2.10 bits per heavy atom. The van der Waals surface area contributed by atoms with Gasteiger partial charge in [-0.05, 0) is 48.2 Å². The number of carboxylic acids is 1. The number of nitrogens with zero attached hydrogens (tertiary/aromatic N) is 1. The lowest BCUT2D eigenvalue weighted by molar-refractivity contribution is -0.136. The van der Waals surface area contributed by atoms with Crippen LogP contribution in [-0.4, -0.2) is 49.4 Å².